The maximum absolute atomic E-state index is 12.9. The molecule has 0 spiro atoms. The topological polar surface area (TPSA) is 49.9 Å². The third-order valence-corrected chi connectivity index (χ3v) is 4.75. The van der Waals surface area contributed by atoms with Gasteiger partial charge in [0.2, 0.25) is 5.91 Å². The van der Waals surface area contributed by atoms with Crippen LogP contribution in [0.15, 0.2) is 42.5 Å². The fraction of sp³-hybridized carbons (Fsp3) is 0.333. The Bertz CT molecular complexity index is 827. The first kappa shape index (κ1) is 18.0. The Labute approximate surface area is 154 Å². The molecule has 3 rings (SSSR count). The molecule has 0 bridgehead atoms. The van der Waals surface area contributed by atoms with E-state index in [1.54, 1.807) is 48.1 Å². The molecule has 136 valence electrons. The molecule has 2 aromatic carbocycles. The van der Waals surface area contributed by atoms with Crippen molar-refractivity contribution in [3.8, 4) is 5.75 Å². The van der Waals surface area contributed by atoms with Gasteiger partial charge < -0.3 is 14.5 Å². The number of piperazine rings is 1. The summed E-state index contributed by atoms with van der Waals surface area (Å²) in [5.41, 5.74) is 3.67. The molecule has 26 heavy (non-hydrogen) atoms. The highest BCUT2D eigenvalue weighted by atomic mass is 16.5. The van der Waals surface area contributed by atoms with Crippen LogP contribution < -0.4 is 9.64 Å². The summed E-state index contributed by atoms with van der Waals surface area (Å²) in [6, 6.07) is 12.6. The van der Waals surface area contributed by atoms with E-state index in [9.17, 15) is 9.59 Å². The van der Waals surface area contributed by atoms with Crippen molar-refractivity contribution < 1.29 is 14.3 Å². The van der Waals surface area contributed by atoms with Crippen molar-refractivity contribution in [1.29, 1.82) is 0 Å². The van der Waals surface area contributed by atoms with Crippen LogP contribution in [0.4, 0.5) is 5.69 Å². The third kappa shape index (κ3) is 3.43. The van der Waals surface area contributed by atoms with Gasteiger partial charge in [0.15, 0.2) is 0 Å². The number of amides is 2. The molecule has 1 fully saturated rings. The molecule has 0 aliphatic carbocycles. The van der Waals surface area contributed by atoms with Crippen molar-refractivity contribution in [3.05, 3.63) is 59.2 Å². The van der Waals surface area contributed by atoms with Crippen molar-refractivity contribution in [2.24, 2.45) is 0 Å². The Morgan fingerprint density at radius 3 is 2.42 bits per heavy atom. The molecule has 5 heteroatoms. The summed E-state index contributed by atoms with van der Waals surface area (Å²) in [6.45, 7) is 6.81. The van der Waals surface area contributed by atoms with E-state index in [-0.39, 0.29) is 11.8 Å². The minimum Gasteiger partial charge on any atom is -0.497 e. The van der Waals surface area contributed by atoms with Crippen LogP contribution in [-0.4, -0.2) is 43.0 Å². The molecule has 0 saturated carbocycles. The average molecular weight is 352 g/mol. The molecule has 0 radical (unpaired) electrons. The van der Waals surface area contributed by atoms with E-state index in [1.165, 1.54) is 0 Å². The normalized spacial score (nSPS) is 17.4. The van der Waals surface area contributed by atoms with Gasteiger partial charge in [-0.25, -0.2) is 0 Å². The lowest BCUT2D eigenvalue weighted by molar-refractivity contribution is -0.124. The Morgan fingerprint density at radius 1 is 1.08 bits per heavy atom. The number of benzene rings is 2. The summed E-state index contributed by atoms with van der Waals surface area (Å²) in [5.74, 6) is 0.422. The number of anilines is 1. The Kier molecular flexibility index (Phi) is 4.98. The highest BCUT2D eigenvalue weighted by Gasteiger charge is 2.35. The molecule has 2 amide bonds. The Hall–Kier alpha value is -2.82. The van der Waals surface area contributed by atoms with E-state index < -0.39 is 6.04 Å². The summed E-state index contributed by atoms with van der Waals surface area (Å²) in [6.07, 6.45) is 0. The van der Waals surface area contributed by atoms with Crippen molar-refractivity contribution in [2.75, 3.05) is 25.1 Å². The van der Waals surface area contributed by atoms with Crippen molar-refractivity contribution in [2.45, 2.75) is 26.8 Å². The number of hydrogen-bond donors (Lipinski definition) is 0. The van der Waals surface area contributed by atoms with Crippen LogP contribution in [0.3, 0.4) is 0 Å². The van der Waals surface area contributed by atoms with Gasteiger partial charge in [0, 0.05) is 24.3 Å². The predicted octanol–water partition coefficient (Wildman–Crippen LogP) is 3.19. The fourth-order valence-corrected chi connectivity index (χ4v) is 3.43. The van der Waals surface area contributed by atoms with Crippen molar-refractivity contribution in [1.82, 2.24) is 4.90 Å². The first-order valence-corrected chi connectivity index (χ1v) is 8.75. The molecule has 1 aliphatic rings. The maximum atomic E-state index is 12.9. The van der Waals surface area contributed by atoms with Gasteiger partial charge in [0.1, 0.15) is 11.8 Å². The van der Waals surface area contributed by atoms with Gasteiger partial charge in [-0.3, -0.25) is 9.59 Å². The fourth-order valence-electron chi connectivity index (χ4n) is 3.43. The standard InChI is InChI=1S/C21H24N2O3/c1-14-10-15(2)12-18(11-14)23-9-8-22(16(3)20(23)24)21(25)17-6-5-7-19(13-17)26-4/h5-7,10-13,16H,8-9H2,1-4H3/t16-/m1/s1. The largest absolute Gasteiger partial charge is 0.497 e. The second-order valence-electron chi connectivity index (χ2n) is 6.74. The third-order valence-electron chi connectivity index (χ3n) is 4.75. The molecule has 1 aliphatic heterocycles. The minimum absolute atomic E-state index is 0.0579. The minimum atomic E-state index is -0.511. The zero-order valence-corrected chi connectivity index (χ0v) is 15.7. The van der Waals surface area contributed by atoms with Gasteiger partial charge in [0.05, 0.1) is 7.11 Å². The van der Waals surface area contributed by atoms with Crippen LogP contribution in [0.5, 0.6) is 5.75 Å². The number of methoxy groups -OCH3 is 1. The van der Waals surface area contributed by atoms with Crippen LogP contribution in [0.2, 0.25) is 0 Å². The summed E-state index contributed by atoms with van der Waals surface area (Å²) in [7, 11) is 1.57. The van der Waals surface area contributed by atoms with Crippen LogP contribution >= 0.6 is 0 Å². The summed E-state index contributed by atoms with van der Waals surface area (Å²) >= 11 is 0. The molecule has 5 nitrogen and oxygen atoms in total. The van der Waals surface area contributed by atoms with Gasteiger partial charge in [-0.1, -0.05) is 12.1 Å². The number of carbonyl (C=O) groups is 2. The molecular weight excluding hydrogens is 328 g/mol. The zero-order chi connectivity index (χ0) is 18.8. The van der Waals surface area contributed by atoms with Crippen LogP contribution in [0, 0.1) is 13.8 Å². The van der Waals surface area contributed by atoms with Gasteiger partial charge in [-0.2, -0.15) is 0 Å². The molecule has 1 saturated heterocycles. The SMILES string of the molecule is COc1cccc(C(=O)N2CCN(c3cc(C)cc(C)c3)C(=O)[C@H]2C)c1. The lowest BCUT2D eigenvalue weighted by Gasteiger charge is -2.39. The predicted molar refractivity (Wildman–Crippen MR) is 102 cm³/mol. The summed E-state index contributed by atoms with van der Waals surface area (Å²) < 4.78 is 5.19. The zero-order valence-electron chi connectivity index (χ0n) is 15.7. The van der Waals surface area contributed by atoms with E-state index in [4.69, 9.17) is 4.74 Å². The monoisotopic (exact) mass is 352 g/mol. The Balaban J connectivity index is 1.82. The molecule has 2 aromatic rings. The van der Waals surface area contributed by atoms with Crippen LogP contribution in [-0.2, 0) is 4.79 Å². The highest BCUT2D eigenvalue weighted by Crippen LogP contribution is 2.24. The van der Waals surface area contributed by atoms with E-state index in [1.807, 2.05) is 26.0 Å². The molecule has 1 heterocycles. The second kappa shape index (κ2) is 7.20. The summed E-state index contributed by atoms with van der Waals surface area (Å²) in [4.78, 5) is 29.2. The maximum Gasteiger partial charge on any atom is 0.254 e. The number of carbonyl (C=O) groups excluding carboxylic acids is 2. The van der Waals surface area contributed by atoms with Crippen molar-refractivity contribution >= 4 is 17.5 Å². The van der Waals surface area contributed by atoms with Gasteiger partial charge in [-0.05, 0) is 62.2 Å². The number of hydrogen-bond acceptors (Lipinski definition) is 3. The van der Waals surface area contributed by atoms with Gasteiger partial charge in [0.25, 0.3) is 5.91 Å². The number of rotatable bonds is 3. The lowest BCUT2D eigenvalue weighted by atomic mass is 10.1. The van der Waals surface area contributed by atoms with Gasteiger partial charge in [-0.15, -0.1) is 0 Å². The first-order chi connectivity index (χ1) is 12.4. The van der Waals surface area contributed by atoms with Gasteiger partial charge >= 0.3 is 0 Å². The average Bonchev–Trinajstić information content (AvgIpc) is 2.62. The van der Waals surface area contributed by atoms with E-state index >= 15 is 0 Å². The number of nitrogens with zero attached hydrogens (tertiary/aromatic N) is 2. The van der Waals surface area contributed by atoms with Crippen molar-refractivity contribution in [3.63, 3.8) is 0 Å². The lowest BCUT2D eigenvalue weighted by Crippen LogP contribution is -2.57. The molecule has 0 N–H and O–H groups in total. The van der Waals surface area contributed by atoms with Crippen LogP contribution in [0.25, 0.3) is 0 Å². The number of aryl methyl sites for hydroxylation is 2. The quantitative estimate of drug-likeness (QED) is 0.852. The second-order valence-corrected chi connectivity index (χ2v) is 6.74. The number of ether oxygens (including phenoxy) is 1. The summed E-state index contributed by atoms with van der Waals surface area (Å²) in [5, 5.41) is 0. The highest BCUT2D eigenvalue weighted by molar-refractivity contribution is 6.03. The molecular formula is C21H24N2O3. The first-order valence-electron chi connectivity index (χ1n) is 8.75. The van der Waals surface area contributed by atoms with Crippen LogP contribution in [0.1, 0.15) is 28.4 Å². The van der Waals surface area contributed by atoms with E-state index in [0.717, 1.165) is 16.8 Å². The van der Waals surface area contributed by atoms with E-state index in [0.29, 0.717) is 24.4 Å². The molecule has 0 aromatic heterocycles. The van der Waals surface area contributed by atoms with E-state index in [2.05, 4.69) is 6.07 Å². The molecule has 1 atom stereocenters. The Morgan fingerprint density at radius 2 is 1.77 bits per heavy atom. The molecule has 0 unspecified atom stereocenters. The smallest absolute Gasteiger partial charge is 0.254 e.